The van der Waals surface area contributed by atoms with E-state index in [4.69, 9.17) is 9.47 Å². The Labute approximate surface area is 355 Å². The van der Waals surface area contributed by atoms with Crippen molar-refractivity contribution in [1.29, 1.82) is 0 Å². The molecular formula is C46H79N5O8. The predicted octanol–water partition coefficient (Wildman–Crippen LogP) is 5.55. The monoisotopic (exact) mass is 830 g/mol. The SMILES string of the molecule is CC[C@H](C)[C@@H]([C@@H](CC(=O)NCCC[C@@H]1C[C@@]1(OC)[C@@H](C)C(=O)N[C@@H](Cc1ccccc1)C(=O)O)OC)N(C)C(=O)[C@@H](NC(=O)[C@H](C(C)C)N(C)CCCC(C)C)C(C)C. The summed E-state index contributed by atoms with van der Waals surface area (Å²) >= 11 is 0. The molecule has 4 amide bonds. The fourth-order valence-corrected chi connectivity index (χ4v) is 8.63. The van der Waals surface area contributed by atoms with Crippen LogP contribution in [0.2, 0.25) is 0 Å². The summed E-state index contributed by atoms with van der Waals surface area (Å²) < 4.78 is 11.8. The van der Waals surface area contributed by atoms with Crippen molar-refractivity contribution in [2.45, 2.75) is 150 Å². The molecule has 2 rings (SSSR count). The first-order valence-electron chi connectivity index (χ1n) is 21.9. The minimum absolute atomic E-state index is 0.000978. The molecule has 1 aliphatic carbocycles. The summed E-state index contributed by atoms with van der Waals surface area (Å²) in [5, 5.41) is 18.7. The zero-order chi connectivity index (χ0) is 44.6. The second kappa shape index (κ2) is 24.6. The van der Waals surface area contributed by atoms with Gasteiger partial charge >= 0.3 is 5.97 Å². The van der Waals surface area contributed by atoms with Gasteiger partial charge in [-0.2, -0.15) is 0 Å². The molecule has 0 aliphatic heterocycles. The number of carbonyl (C=O) groups excluding carboxylic acids is 4. The summed E-state index contributed by atoms with van der Waals surface area (Å²) in [5.74, 6) is -2.04. The fourth-order valence-electron chi connectivity index (χ4n) is 8.63. The molecule has 0 bridgehead atoms. The number of methoxy groups -OCH3 is 2. The van der Waals surface area contributed by atoms with Gasteiger partial charge in [-0.3, -0.25) is 24.1 Å². The first-order chi connectivity index (χ1) is 27.8. The highest BCUT2D eigenvalue weighted by atomic mass is 16.5. The molecule has 13 heteroatoms. The van der Waals surface area contributed by atoms with Crippen LogP contribution in [0.15, 0.2) is 30.3 Å². The van der Waals surface area contributed by atoms with Gasteiger partial charge in [-0.25, -0.2) is 4.79 Å². The van der Waals surface area contributed by atoms with Crippen LogP contribution in [0.3, 0.4) is 0 Å². The Hall–Kier alpha value is -3.55. The van der Waals surface area contributed by atoms with Gasteiger partial charge < -0.3 is 35.4 Å². The molecule has 0 heterocycles. The van der Waals surface area contributed by atoms with Gasteiger partial charge in [-0.15, -0.1) is 0 Å². The Bertz CT molecular complexity index is 1470. The summed E-state index contributed by atoms with van der Waals surface area (Å²) in [7, 11) is 6.86. The number of hydrogen-bond donors (Lipinski definition) is 4. The van der Waals surface area contributed by atoms with Crippen molar-refractivity contribution in [3.63, 3.8) is 0 Å². The third-order valence-electron chi connectivity index (χ3n) is 12.5. The van der Waals surface area contributed by atoms with E-state index in [1.807, 2.05) is 78.9 Å². The molecule has 1 fully saturated rings. The molecule has 1 aliphatic rings. The maximum absolute atomic E-state index is 14.3. The third-order valence-corrected chi connectivity index (χ3v) is 12.5. The summed E-state index contributed by atoms with van der Waals surface area (Å²) in [6.07, 6.45) is 4.50. The molecule has 336 valence electrons. The van der Waals surface area contributed by atoms with Crippen LogP contribution in [0.4, 0.5) is 0 Å². The molecule has 59 heavy (non-hydrogen) atoms. The Morgan fingerprint density at radius 3 is 2.07 bits per heavy atom. The van der Waals surface area contributed by atoms with E-state index in [-0.39, 0.29) is 66.2 Å². The number of ether oxygens (including phenoxy) is 2. The van der Waals surface area contributed by atoms with Crippen LogP contribution in [0.5, 0.6) is 0 Å². The minimum Gasteiger partial charge on any atom is -0.480 e. The van der Waals surface area contributed by atoms with Crippen LogP contribution >= 0.6 is 0 Å². The van der Waals surface area contributed by atoms with Gasteiger partial charge in [0.25, 0.3) is 0 Å². The minimum atomic E-state index is -1.09. The molecule has 1 aromatic rings. The quantitative estimate of drug-likeness (QED) is 0.0793. The number of likely N-dealkylation sites (N-methyl/N-ethyl adjacent to an activating group) is 2. The van der Waals surface area contributed by atoms with Crippen LogP contribution in [-0.2, 0) is 39.9 Å². The highest BCUT2D eigenvalue weighted by Gasteiger charge is 2.60. The van der Waals surface area contributed by atoms with E-state index in [1.165, 1.54) is 0 Å². The predicted molar refractivity (Wildman–Crippen MR) is 232 cm³/mol. The van der Waals surface area contributed by atoms with E-state index in [9.17, 15) is 29.1 Å². The molecule has 13 nitrogen and oxygen atoms in total. The van der Waals surface area contributed by atoms with Crippen molar-refractivity contribution < 1.29 is 38.6 Å². The topological polar surface area (TPSA) is 167 Å². The highest BCUT2D eigenvalue weighted by Crippen LogP contribution is 2.54. The van der Waals surface area contributed by atoms with Crippen molar-refractivity contribution in [2.24, 2.45) is 35.5 Å². The van der Waals surface area contributed by atoms with Crippen LogP contribution in [0, 0.1) is 35.5 Å². The molecule has 9 atom stereocenters. The van der Waals surface area contributed by atoms with Crippen molar-refractivity contribution in [1.82, 2.24) is 25.8 Å². The number of aliphatic carboxylic acids is 1. The number of benzene rings is 1. The highest BCUT2D eigenvalue weighted by molar-refractivity contribution is 5.90. The van der Waals surface area contributed by atoms with E-state index in [0.717, 1.165) is 31.4 Å². The zero-order valence-corrected chi connectivity index (χ0v) is 38.5. The number of carbonyl (C=O) groups is 5. The normalized spacial score (nSPS) is 20.1. The lowest BCUT2D eigenvalue weighted by Crippen LogP contribution is -2.59. The molecule has 0 aromatic heterocycles. The maximum Gasteiger partial charge on any atom is 0.326 e. The van der Waals surface area contributed by atoms with Gasteiger partial charge in [0, 0.05) is 34.2 Å². The molecular weight excluding hydrogens is 751 g/mol. The Morgan fingerprint density at radius 2 is 1.54 bits per heavy atom. The molecule has 0 saturated heterocycles. The average Bonchev–Trinajstić information content (AvgIpc) is 3.91. The number of rotatable bonds is 28. The largest absolute Gasteiger partial charge is 0.480 e. The average molecular weight is 830 g/mol. The van der Waals surface area contributed by atoms with Crippen molar-refractivity contribution >= 4 is 29.6 Å². The maximum atomic E-state index is 14.3. The molecule has 1 aromatic carbocycles. The van der Waals surface area contributed by atoms with Gasteiger partial charge in [0.05, 0.1) is 36.1 Å². The summed E-state index contributed by atoms with van der Waals surface area (Å²) in [5.41, 5.74) is 0.123. The molecule has 4 N–H and O–H groups in total. The Morgan fingerprint density at radius 1 is 0.898 bits per heavy atom. The van der Waals surface area contributed by atoms with E-state index in [2.05, 4.69) is 34.7 Å². The van der Waals surface area contributed by atoms with Gasteiger partial charge in [0.1, 0.15) is 12.1 Å². The van der Waals surface area contributed by atoms with Crippen LogP contribution < -0.4 is 16.0 Å². The fraction of sp³-hybridized carbons (Fsp3) is 0.761. The number of nitrogens with zero attached hydrogens (tertiary/aromatic N) is 2. The van der Waals surface area contributed by atoms with E-state index in [1.54, 1.807) is 33.1 Å². The lowest BCUT2D eigenvalue weighted by molar-refractivity contribution is -0.144. The van der Waals surface area contributed by atoms with Crippen molar-refractivity contribution in [3.8, 4) is 0 Å². The first kappa shape index (κ1) is 51.6. The first-order valence-corrected chi connectivity index (χ1v) is 21.9. The van der Waals surface area contributed by atoms with Crippen LogP contribution in [0.1, 0.15) is 113 Å². The van der Waals surface area contributed by atoms with Gasteiger partial charge in [0.15, 0.2) is 0 Å². The van der Waals surface area contributed by atoms with Crippen molar-refractivity contribution in [3.05, 3.63) is 35.9 Å². The third kappa shape index (κ3) is 15.1. The number of amides is 4. The second-order valence-corrected chi connectivity index (χ2v) is 18.1. The van der Waals surface area contributed by atoms with E-state index >= 15 is 0 Å². The summed E-state index contributed by atoms with van der Waals surface area (Å²) in [6.45, 7) is 19.4. The summed E-state index contributed by atoms with van der Waals surface area (Å²) in [6, 6.07) is 6.59. The Balaban J connectivity index is 2.02. The van der Waals surface area contributed by atoms with Crippen LogP contribution in [0.25, 0.3) is 0 Å². The number of carboxylic acid groups (broad SMARTS) is 1. The number of nitrogens with one attached hydrogen (secondary N) is 3. The number of carboxylic acids is 1. The molecule has 0 unspecified atom stereocenters. The zero-order valence-electron chi connectivity index (χ0n) is 38.5. The summed E-state index contributed by atoms with van der Waals surface area (Å²) in [4.78, 5) is 70.5. The Kier molecular flexibility index (Phi) is 21.5. The molecule has 0 radical (unpaired) electrons. The van der Waals surface area contributed by atoms with Crippen LogP contribution in [-0.4, -0.2) is 122 Å². The number of hydrogen-bond acceptors (Lipinski definition) is 8. The van der Waals surface area contributed by atoms with Gasteiger partial charge in [0.2, 0.25) is 23.6 Å². The van der Waals surface area contributed by atoms with Gasteiger partial charge in [-0.1, -0.05) is 99.1 Å². The molecule has 0 spiro atoms. The lowest BCUT2D eigenvalue weighted by Gasteiger charge is -2.40. The van der Waals surface area contributed by atoms with E-state index < -0.39 is 41.7 Å². The lowest BCUT2D eigenvalue weighted by atomic mass is 9.89. The smallest absolute Gasteiger partial charge is 0.326 e. The van der Waals surface area contributed by atoms with Crippen molar-refractivity contribution in [2.75, 3.05) is 41.4 Å². The van der Waals surface area contributed by atoms with Gasteiger partial charge in [-0.05, 0) is 80.8 Å². The molecule has 1 saturated carbocycles. The second-order valence-electron chi connectivity index (χ2n) is 18.1. The standard InChI is InChI=1S/C46H79N5O8/c1-14-32(8)41(51(11)44(55)39(30(4)5)49-43(54)40(31(6)7)50(10)25-19-20-29(2)3)37(58-12)27-38(52)47-24-18-23-35-28-46(35,59-13)33(9)42(53)48-36(45(56)57)26-34-21-16-15-17-22-34/h15-17,21-22,29-33,35-37,39-41H,14,18-20,23-28H2,1-13H3,(H,47,52)(H,48,53)(H,49,54)(H,56,57)/t32-,33-,35+,36-,37+,39-,40-,41-,46+/m0/s1. The van der Waals surface area contributed by atoms with E-state index in [0.29, 0.717) is 31.7 Å².